The van der Waals surface area contributed by atoms with Crippen molar-refractivity contribution in [3.8, 4) is 0 Å². The van der Waals surface area contributed by atoms with Crippen LogP contribution in [0, 0.1) is 5.92 Å². The number of hydrogen-bond donors (Lipinski definition) is 7. The number of carbonyl (C=O) groups is 2. The van der Waals surface area contributed by atoms with Crippen LogP contribution in [-0.4, -0.2) is 117 Å². The van der Waals surface area contributed by atoms with Crippen molar-refractivity contribution in [2.75, 3.05) is 0 Å². The molecule has 0 aromatic carbocycles. The zero-order valence-corrected chi connectivity index (χ0v) is 26.6. The number of carbonyl (C=O) groups excluding carboxylic acids is 2. The summed E-state index contributed by atoms with van der Waals surface area (Å²) in [7, 11) is 0. The molecule has 14 nitrogen and oxygen atoms in total. The molecule has 9 N–H and O–H groups in total. The van der Waals surface area contributed by atoms with Gasteiger partial charge < -0.3 is 60.7 Å². The van der Waals surface area contributed by atoms with Gasteiger partial charge in [-0.2, -0.15) is 0 Å². The first kappa shape index (κ1) is 37.1. The van der Waals surface area contributed by atoms with Crippen molar-refractivity contribution >= 4 is 11.9 Å². The Morgan fingerprint density at radius 2 is 1.64 bits per heavy atom. The number of allylic oxidation sites excluding steroid dienone is 6. The fraction of sp³-hybridized carbons (Fsp3) is 0.636. The minimum absolute atomic E-state index is 0.104. The molecule has 0 saturated carbocycles. The first-order valence-electron chi connectivity index (χ1n) is 16.0. The summed E-state index contributed by atoms with van der Waals surface area (Å²) in [5.74, 6) is -4.66. The third kappa shape index (κ3) is 10.6. The SMILES string of the molecule is CC1C/C=C/C=C/C=C/C=C/C(OC2OC(C)C(O)C(N)C2O)CC2OC(O)(CC(O)CC3OC3/C=C/C(=O)O1)CC(O)C2C(N)=O. The second-order valence-corrected chi connectivity index (χ2v) is 12.6. The van der Waals surface area contributed by atoms with Gasteiger partial charge in [-0.15, -0.1) is 0 Å². The van der Waals surface area contributed by atoms with E-state index < -0.39 is 97.3 Å². The number of aliphatic hydroxyl groups excluding tert-OH is 4. The van der Waals surface area contributed by atoms with E-state index in [2.05, 4.69) is 0 Å². The number of cyclic esters (lactones) is 1. The van der Waals surface area contributed by atoms with Crippen LogP contribution in [0.4, 0.5) is 0 Å². The van der Waals surface area contributed by atoms with Crippen LogP contribution in [0.5, 0.6) is 0 Å². The molecule has 1 amide bonds. The second-order valence-electron chi connectivity index (χ2n) is 12.6. The molecule has 14 unspecified atom stereocenters. The van der Waals surface area contributed by atoms with Crippen molar-refractivity contribution < 1.29 is 58.8 Å². The van der Waals surface area contributed by atoms with Gasteiger partial charge in [0.25, 0.3) is 0 Å². The summed E-state index contributed by atoms with van der Waals surface area (Å²) >= 11 is 0. The molecule has 0 aromatic heterocycles. The van der Waals surface area contributed by atoms with E-state index in [4.69, 9.17) is 35.2 Å². The van der Waals surface area contributed by atoms with Crippen LogP contribution in [0.15, 0.2) is 60.8 Å². The van der Waals surface area contributed by atoms with Gasteiger partial charge in [-0.05, 0) is 19.9 Å². The number of hydrogen-bond acceptors (Lipinski definition) is 13. The molecule has 4 aliphatic heterocycles. The van der Waals surface area contributed by atoms with Crippen molar-refractivity contribution in [3.05, 3.63) is 60.8 Å². The Balaban J connectivity index is 1.58. The number of rotatable bonds is 3. The number of esters is 1. The highest BCUT2D eigenvalue weighted by atomic mass is 16.7. The van der Waals surface area contributed by atoms with Gasteiger partial charge >= 0.3 is 5.97 Å². The van der Waals surface area contributed by atoms with E-state index in [-0.39, 0.29) is 25.4 Å². The van der Waals surface area contributed by atoms with E-state index in [1.165, 1.54) is 6.08 Å². The van der Waals surface area contributed by atoms with Crippen LogP contribution >= 0.6 is 0 Å². The molecular formula is C33H48N2O12. The molecular weight excluding hydrogens is 616 g/mol. The van der Waals surface area contributed by atoms with Crippen LogP contribution in [0.2, 0.25) is 0 Å². The third-order valence-electron chi connectivity index (χ3n) is 8.62. The standard InChI is InChI=1S/C33H48N2O12/c1-18-10-8-6-4-3-5-7-9-11-21(45-32-30(40)28(34)29(39)19(2)44-32)15-25-27(31(35)41)22(37)17-33(42,47-25)16-20(36)14-24-23(46-24)12-13-26(38)43-18/h3-9,11-13,18-25,27-30,32,36-37,39-40,42H,10,14-17,34H2,1-2H3,(H2,35,41)/b4-3+,7-5+,8-6+,11-9+,13-12+. The quantitative estimate of drug-likeness (QED) is 0.149. The monoisotopic (exact) mass is 664 g/mol. The maximum absolute atomic E-state index is 12.5. The van der Waals surface area contributed by atoms with E-state index >= 15 is 0 Å². The van der Waals surface area contributed by atoms with Crippen molar-refractivity contribution in [2.24, 2.45) is 17.4 Å². The van der Waals surface area contributed by atoms with Crippen LogP contribution in [0.1, 0.15) is 46.0 Å². The van der Waals surface area contributed by atoms with Crippen molar-refractivity contribution in [2.45, 2.75) is 125 Å². The Morgan fingerprint density at radius 1 is 0.936 bits per heavy atom. The number of fused-ring (bicyclic) bond motifs is 3. The molecule has 14 heteroatoms. The molecule has 0 spiro atoms. The normalized spacial score (nSPS) is 47.2. The third-order valence-corrected chi connectivity index (χ3v) is 8.62. The zero-order valence-electron chi connectivity index (χ0n) is 26.6. The molecule has 3 saturated heterocycles. The number of aliphatic hydroxyl groups is 5. The summed E-state index contributed by atoms with van der Waals surface area (Å²) in [6.45, 7) is 3.36. The lowest BCUT2D eigenvalue weighted by atomic mass is 9.82. The molecule has 4 heterocycles. The average Bonchev–Trinajstić information content (AvgIpc) is 3.72. The maximum Gasteiger partial charge on any atom is 0.330 e. The largest absolute Gasteiger partial charge is 0.459 e. The molecule has 2 bridgehead atoms. The Morgan fingerprint density at radius 3 is 2.36 bits per heavy atom. The fourth-order valence-corrected chi connectivity index (χ4v) is 6.05. The summed E-state index contributed by atoms with van der Waals surface area (Å²) in [5.41, 5.74) is 11.6. The maximum atomic E-state index is 12.5. The fourth-order valence-electron chi connectivity index (χ4n) is 6.05. The van der Waals surface area contributed by atoms with E-state index in [0.717, 1.165) is 0 Å². The molecule has 47 heavy (non-hydrogen) atoms. The zero-order chi connectivity index (χ0) is 34.3. The van der Waals surface area contributed by atoms with Gasteiger partial charge in [-0.1, -0.05) is 48.6 Å². The minimum atomic E-state index is -2.04. The van der Waals surface area contributed by atoms with Crippen LogP contribution in [0.3, 0.4) is 0 Å². The van der Waals surface area contributed by atoms with E-state index in [9.17, 15) is 35.1 Å². The van der Waals surface area contributed by atoms with E-state index in [1.807, 2.05) is 12.2 Å². The molecule has 0 aliphatic carbocycles. The molecule has 3 fully saturated rings. The Bertz CT molecular complexity index is 1220. The lowest BCUT2D eigenvalue weighted by molar-refractivity contribution is -0.306. The molecule has 262 valence electrons. The van der Waals surface area contributed by atoms with Gasteiger partial charge in [-0.3, -0.25) is 4.79 Å². The second kappa shape index (κ2) is 16.6. The van der Waals surface area contributed by atoms with E-state index in [1.54, 1.807) is 56.4 Å². The first-order valence-corrected chi connectivity index (χ1v) is 16.0. The number of amides is 1. The Labute approximate surface area is 273 Å². The highest BCUT2D eigenvalue weighted by Gasteiger charge is 2.51. The lowest BCUT2D eigenvalue weighted by Crippen LogP contribution is -2.61. The van der Waals surface area contributed by atoms with Gasteiger partial charge in [-0.25, -0.2) is 4.79 Å². The Kier molecular flexibility index (Phi) is 13.1. The molecule has 4 rings (SSSR count). The predicted octanol–water partition coefficient (Wildman–Crippen LogP) is -0.480. The lowest BCUT2D eigenvalue weighted by Gasteiger charge is -2.45. The number of primary amides is 1. The van der Waals surface area contributed by atoms with Crippen LogP contribution < -0.4 is 11.5 Å². The highest BCUT2D eigenvalue weighted by molar-refractivity contribution is 5.82. The summed E-state index contributed by atoms with van der Waals surface area (Å²) in [5, 5.41) is 54.1. The molecule has 0 aromatic rings. The van der Waals surface area contributed by atoms with Gasteiger partial charge in [0, 0.05) is 38.2 Å². The number of ether oxygens (including phenoxy) is 5. The topological polar surface area (TPSA) is 237 Å². The van der Waals surface area contributed by atoms with Gasteiger partial charge in [0.2, 0.25) is 5.91 Å². The molecule has 4 aliphatic rings. The molecule has 0 radical (unpaired) electrons. The van der Waals surface area contributed by atoms with Crippen molar-refractivity contribution in [1.29, 1.82) is 0 Å². The summed E-state index contributed by atoms with van der Waals surface area (Å²) in [6, 6.07) is -1.06. The summed E-state index contributed by atoms with van der Waals surface area (Å²) < 4.78 is 28.7. The van der Waals surface area contributed by atoms with Crippen molar-refractivity contribution in [1.82, 2.24) is 0 Å². The van der Waals surface area contributed by atoms with Crippen LogP contribution in [0.25, 0.3) is 0 Å². The highest BCUT2D eigenvalue weighted by Crippen LogP contribution is 2.39. The van der Waals surface area contributed by atoms with Crippen LogP contribution in [-0.2, 0) is 33.3 Å². The molecule has 14 atom stereocenters. The van der Waals surface area contributed by atoms with Gasteiger partial charge in [0.05, 0.1) is 54.7 Å². The summed E-state index contributed by atoms with van der Waals surface area (Å²) in [6.07, 6.45) is 6.16. The Hall–Kier alpha value is -2.76. The van der Waals surface area contributed by atoms with Gasteiger partial charge in [0.1, 0.15) is 18.3 Å². The van der Waals surface area contributed by atoms with Crippen molar-refractivity contribution in [3.63, 3.8) is 0 Å². The smallest absolute Gasteiger partial charge is 0.330 e. The van der Waals surface area contributed by atoms with Gasteiger partial charge in [0.15, 0.2) is 12.1 Å². The van der Waals surface area contributed by atoms with E-state index in [0.29, 0.717) is 6.42 Å². The first-order chi connectivity index (χ1) is 22.3. The average molecular weight is 665 g/mol. The number of nitrogens with two attached hydrogens (primary N) is 2. The minimum Gasteiger partial charge on any atom is -0.459 e. The predicted molar refractivity (Wildman–Crippen MR) is 167 cm³/mol. The summed E-state index contributed by atoms with van der Waals surface area (Å²) in [4.78, 5) is 24.7. The number of epoxide rings is 1.